The summed E-state index contributed by atoms with van der Waals surface area (Å²) in [7, 11) is 0. The maximum atomic E-state index is 12.4. The van der Waals surface area contributed by atoms with Crippen LogP contribution in [-0.2, 0) is 19.1 Å². The Labute approximate surface area is 190 Å². The van der Waals surface area contributed by atoms with E-state index in [2.05, 4.69) is 19.9 Å². The summed E-state index contributed by atoms with van der Waals surface area (Å²) in [5.41, 5.74) is 0. The maximum Gasteiger partial charge on any atom is 0.306 e. The summed E-state index contributed by atoms with van der Waals surface area (Å²) < 4.78 is 11.6. The van der Waals surface area contributed by atoms with Gasteiger partial charge in [0.2, 0.25) is 0 Å². The predicted octanol–water partition coefficient (Wildman–Crippen LogP) is 6.27. The molecule has 5 nitrogen and oxygen atoms in total. The van der Waals surface area contributed by atoms with Crippen LogP contribution < -0.4 is 0 Å². The monoisotopic (exact) mass is 438 g/mol. The molecule has 0 heterocycles. The molecule has 1 rings (SSSR count). The van der Waals surface area contributed by atoms with Gasteiger partial charge in [-0.2, -0.15) is 0 Å². The van der Waals surface area contributed by atoms with Gasteiger partial charge in [0.05, 0.1) is 0 Å². The van der Waals surface area contributed by atoms with Gasteiger partial charge < -0.3 is 14.6 Å². The second-order valence-electron chi connectivity index (χ2n) is 8.90. The molecule has 5 heteroatoms. The minimum absolute atomic E-state index is 0.137. The van der Waals surface area contributed by atoms with Gasteiger partial charge >= 0.3 is 11.9 Å². The molecular formula is C26H46O5. The lowest BCUT2D eigenvalue weighted by molar-refractivity contribution is -0.173. The van der Waals surface area contributed by atoms with Gasteiger partial charge in [-0.25, -0.2) is 0 Å². The number of carbonyl (C=O) groups excluding carboxylic acids is 2. The van der Waals surface area contributed by atoms with Crippen LogP contribution in [-0.4, -0.2) is 35.9 Å². The molecule has 1 aliphatic carbocycles. The Kier molecular flexibility index (Phi) is 16.3. The molecule has 1 fully saturated rings. The van der Waals surface area contributed by atoms with Gasteiger partial charge in [0.15, 0.2) is 0 Å². The lowest BCUT2D eigenvalue weighted by atomic mass is 9.84. The Hall–Kier alpha value is -1.36. The average Bonchev–Trinajstić information content (AvgIpc) is 2.75. The Morgan fingerprint density at radius 2 is 1.35 bits per heavy atom. The molecule has 0 saturated heterocycles. The average molecular weight is 439 g/mol. The standard InChI is InChI=1S/C26H46O5/c1-3-5-7-9-11-16-25(28)30-23-19-18-22(15-13-14-20-27)21-24(23)31-26(29)17-12-10-8-6-4-2/h13,15,22-24,27H,3-12,14,16-21H2,1-2H3/b15-13+/t22-,23?,24?/m0/s1. The lowest BCUT2D eigenvalue weighted by Gasteiger charge is -2.34. The number of hydrogen-bond acceptors (Lipinski definition) is 5. The van der Waals surface area contributed by atoms with Crippen LogP contribution in [0.25, 0.3) is 0 Å². The first-order valence-electron chi connectivity index (χ1n) is 12.8. The molecule has 180 valence electrons. The zero-order chi connectivity index (χ0) is 22.7. The van der Waals surface area contributed by atoms with E-state index < -0.39 is 0 Å². The fourth-order valence-corrected chi connectivity index (χ4v) is 4.13. The number of rotatable bonds is 17. The first kappa shape index (κ1) is 27.7. The van der Waals surface area contributed by atoms with Crippen molar-refractivity contribution in [1.82, 2.24) is 0 Å². The summed E-state index contributed by atoms with van der Waals surface area (Å²) in [5, 5.41) is 8.98. The van der Waals surface area contributed by atoms with Gasteiger partial charge in [0, 0.05) is 19.4 Å². The van der Waals surface area contributed by atoms with E-state index in [-0.39, 0.29) is 36.7 Å². The van der Waals surface area contributed by atoms with Crippen molar-refractivity contribution in [2.45, 2.75) is 129 Å². The predicted molar refractivity (Wildman–Crippen MR) is 125 cm³/mol. The molecule has 0 aromatic heterocycles. The fourth-order valence-electron chi connectivity index (χ4n) is 4.13. The number of aliphatic hydroxyl groups excluding tert-OH is 1. The van der Waals surface area contributed by atoms with E-state index in [4.69, 9.17) is 14.6 Å². The molecule has 0 spiro atoms. The minimum Gasteiger partial charge on any atom is -0.458 e. The third kappa shape index (κ3) is 13.6. The van der Waals surface area contributed by atoms with Crippen LogP contribution in [0.1, 0.15) is 117 Å². The first-order valence-corrected chi connectivity index (χ1v) is 12.8. The van der Waals surface area contributed by atoms with E-state index in [1.165, 1.54) is 25.7 Å². The van der Waals surface area contributed by atoms with Gasteiger partial charge in [-0.15, -0.1) is 0 Å². The molecule has 0 aromatic rings. The Balaban J connectivity index is 2.52. The van der Waals surface area contributed by atoms with Crippen molar-refractivity contribution in [2.75, 3.05) is 6.61 Å². The summed E-state index contributed by atoms with van der Waals surface area (Å²) in [4.78, 5) is 24.7. The van der Waals surface area contributed by atoms with Crippen molar-refractivity contribution in [3.05, 3.63) is 12.2 Å². The number of aliphatic hydroxyl groups is 1. The molecule has 0 radical (unpaired) electrons. The first-order chi connectivity index (χ1) is 15.1. The van der Waals surface area contributed by atoms with Gasteiger partial charge in [0.25, 0.3) is 0 Å². The lowest BCUT2D eigenvalue weighted by Crippen LogP contribution is -2.40. The molecule has 1 saturated carbocycles. The van der Waals surface area contributed by atoms with Gasteiger partial charge in [-0.1, -0.05) is 77.4 Å². The zero-order valence-corrected chi connectivity index (χ0v) is 20.0. The number of carbonyl (C=O) groups is 2. The fraction of sp³-hybridized carbons (Fsp3) is 0.846. The Morgan fingerprint density at radius 3 is 1.90 bits per heavy atom. The molecule has 0 amide bonds. The van der Waals surface area contributed by atoms with Crippen LogP contribution in [0.15, 0.2) is 12.2 Å². The van der Waals surface area contributed by atoms with Crippen LogP contribution in [0.5, 0.6) is 0 Å². The molecule has 0 aliphatic heterocycles. The summed E-state index contributed by atoms with van der Waals surface area (Å²) in [6.07, 6.45) is 18.1. The SMILES string of the molecule is CCCCCCCC(=O)OC1CC[C@H](/C=C/CCO)CC1OC(=O)CCCCCCC. The van der Waals surface area contributed by atoms with Gasteiger partial charge in [0.1, 0.15) is 12.2 Å². The largest absolute Gasteiger partial charge is 0.458 e. The van der Waals surface area contributed by atoms with E-state index in [0.29, 0.717) is 32.1 Å². The van der Waals surface area contributed by atoms with Gasteiger partial charge in [-0.3, -0.25) is 9.59 Å². The summed E-state index contributed by atoms with van der Waals surface area (Å²) in [5.74, 6) is -0.0589. The number of unbranched alkanes of at least 4 members (excludes halogenated alkanes) is 8. The van der Waals surface area contributed by atoms with Crippen molar-refractivity contribution in [3.8, 4) is 0 Å². The van der Waals surface area contributed by atoms with Crippen LogP contribution in [0.3, 0.4) is 0 Å². The van der Waals surface area contributed by atoms with E-state index in [1.54, 1.807) is 0 Å². The Bertz CT molecular complexity index is 502. The maximum absolute atomic E-state index is 12.4. The van der Waals surface area contributed by atoms with E-state index >= 15 is 0 Å². The number of hydrogen-bond donors (Lipinski definition) is 1. The molecule has 0 bridgehead atoms. The highest BCUT2D eigenvalue weighted by molar-refractivity contribution is 5.70. The van der Waals surface area contributed by atoms with Crippen LogP contribution in [0.4, 0.5) is 0 Å². The van der Waals surface area contributed by atoms with Crippen LogP contribution in [0, 0.1) is 5.92 Å². The minimum atomic E-state index is -0.371. The second kappa shape index (κ2) is 18.2. The van der Waals surface area contributed by atoms with Gasteiger partial charge in [-0.05, 0) is 44.4 Å². The van der Waals surface area contributed by atoms with Crippen LogP contribution in [0.2, 0.25) is 0 Å². The molecule has 2 unspecified atom stereocenters. The quantitative estimate of drug-likeness (QED) is 0.165. The Morgan fingerprint density at radius 1 is 0.806 bits per heavy atom. The number of allylic oxidation sites excluding steroid dienone is 1. The van der Waals surface area contributed by atoms with Crippen LogP contribution >= 0.6 is 0 Å². The second-order valence-corrected chi connectivity index (χ2v) is 8.90. The van der Waals surface area contributed by atoms with Crippen molar-refractivity contribution < 1.29 is 24.2 Å². The van der Waals surface area contributed by atoms with Crippen molar-refractivity contribution >= 4 is 11.9 Å². The van der Waals surface area contributed by atoms with Crippen molar-refractivity contribution in [1.29, 1.82) is 0 Å². The molecular weight excluding hydrogens is 392 g/mol. The third-order valence-electron chi connectivity index (χ3n) is 6.01. The molecule has 3 atom stereocenters. The molecule has 0 aromatic carbocycles. The zero-order valence-electron chi connectivity index (χ0n) is 20.0. The molecule has 1 aliphatic rings. The molecule has 31 heavy (non-hydrogen) atoms. The third-order valence-corrected chi connectivity index (χ3v) is 6.01. The van der Waals surface area contributed by atoms with E-state index in [0.717, 1.165) is 44.9 Å². The molecule has 1 N–H and O–H groups in total. The summed E-state index contributed by atoms with van der Waals surface area (Å²) in [6, 6.07) is 0. The highest BCUT2D eigenvalue weighted by atomic mass is 16.6. The number of esters is 2. The van der Waals surface area contributed by atoms with Crippen molar-refractivity contribution in [3.63, 3.8) is 0 Å². The smallest absolute Gasteiger partial charge is 0.306 e. The highest BCUT2D eigenvalue weighted by Crippen LogP contribution is 2.31. The normalized spacial score (nSPS) is 21.3. The van der Waals surface area contributed by atoms with E-state index in [9.17, 15) is 9.59 Å². The topological polar surface area (TPSA) is 72.8 Å². The highest BCUT2D eigenvalue weighted by Gasteiger charge is 2.34. The van der Waals surface area contributed by atoms with Crippen molar-refractivity contribution in [2.24, 2.45) is 5.92 Å². The summed E-state index contributed by atoms with van der Waals surface area (Å²) in [6.45, 7) is 4.49. The number of ether oxygens (including phenoxy) is 2. The van der Waals surface area contributed by atoms with E-state index in [1.807, 2.05) is 6.08 Å². The summed E-state index contributed by atoms with van der Waals surface area (Å²) >= 11 is 0.